The molecular weight excluding hydrogens is 538 g/mol. The molecule has 3 aromatic carbocycles. The molecule has 0 spiro atoms. The van der Waals surface area contributed by atoms with E-state index in [0.29, 0.717) is 22.4 Å². The number of carboxylic acid groups (broad SMARTS) is 1. The number of aliphatic carboxylic acids is 1. The summed E-state index contributed by atoms with van der Waals surface area (Å²) in [5.74, 6) is -3.20. The molecule has 0 bridgehead atoms. The maximum atomic E-state index is 14.2. The molecule has 1 fully saturated rings. The molecule has 0 aromatic heterocycles. The summed E-state index contributed by atoms with van der Waals surface area (Å²) >= 11 is 0. The van der Waals surface area contributed by atoms with Gasteiger partial charge in [0.2, 0.25) is 5.91 Å². The lowest BCUT2D eigenvalue weighted by molar-refractivity contribution is -0.159. The van der Waals surface area contributed by atoms with Crippen LogP contribution in [0.3, 0.4) is 0 Å². The van der Waals surface area contributed by atoms with E-state index in [9.17, 15) is 24.3 Å². The number of nitrogen functional groups attached to an aromatic ring is 1. The predicted molar refractivity (Wildman–Crippen MR) is 154 cm³/mol. The molecule has 2 unspecified atom stereocenters. The molecule has 0 aliphatic carbocycles. The molecule has 0 radical (unpaired) electrons. The summed E-state index contributed by atoms with van der Waals surface area (Å²) < 4.78 is 5.16. The van der Waals surface area contributed by atoms with Gasteiger partial charge in [0.15, 0.2) is 0 Å². The number of nitrogens with one attached hydrogen (secondary N) is 1. The second-order valence-corrected chi connectivity index (χ2v) is 10.2. The van der Waals surface area contributed by atoms with E-state index < -0.39 is 41.8 Å². The Morgan fingerprint density at radius 1 is 1.00 bits per heavy atom. The Morgan fingerprint density at radius 2 is 1.62 bits per heavy atom. The molecule has 0 saturated carbocycles. The normalized spacial score (nSPS) is 17.2. The second-order valence-electron chi connectivity index (χ2n) is 10.2. The molecule has 4 amide bonds. The molecule has 1 aliphatic rings. The van der Waals surface area contributed by atoms with E-state index in [0.717, 1.165) is 15.6 Å². The topological polar surface area (TPSA) is 157 Å². The van der Waals surface area contributed by atoms with E-state index in [1.54, 1.807) is 55.5 Å². The number of carbonyl (C=O) groups is 4. The Labute approximate surface area is 243 Å². The lowest BCUT2D eigenvalue weighted by Crippen LogP contribution is -2.53. The first-order chi connectivity index (χ1) is 20.0. The van der Waals surface area contributed by atoms with Crippen molar-refractivity contribution in [2.75, 3.05) is 13.7 Å². The first-order valence-electron chi connectivity index (χ1n) is 13.3. The Morgan fingerprint density at radius 3 is 2.14 bits per heavy atom. The summed E-state index contributed by atoms with van der Waals surface area (Å²) in [4.78, 5) is 54.9. The molecule has 1 heterocycles. The third-order valence-corrected chi connectivity index (χ3v) is 7.49. The van der Waals surface area contributed by atoms with E-state index in [4.69, 9.17) is 15.9 Å². The smallest absolute Gasteiger partial charge is 0.347 e. The fraction of sp³-hybridized carbons (Fsp3) is 0.258. The van der Waals surface area contributed by atoms with Gasteiger partial charge in [0.25, 0.3) is 5.91 Å². The van der Waals surface area contributed by atoms with Gasteiger partial charge in [-0.25, -0.2) is 9.80 Å². The molecule has 1 aliphatic heterocycles. The van der Waals surface area contributed by atoms with Gasteiger partial charge in [0.1, 0.15) is 17.1 Å². The highest BCUT2D eigenvalue weighted by molar-refractivity contribution is 6.08. The van der Waals surface area contributed by atoms with Crippen molar-refractivity contribution in [2.45, 2.75) is 32.4 Å². The van der Waals surface area contributed by atoms with Gasteiger partial charge >= 0.3 is 12.0 Å². The van der Waals surface area contributed by atoms with Crippen LogP contribution in [0.25, 0.3) is 0 Å². The number of hydrazine groups is 1. The largest absolute Gasteiger partial charge is 0.497 e. The quantitative estimate of drug-likeness (QED) is 0.181. The van der Waals surface area contributed by atoms with Gasteiger partial charge in [-0.2, -0.15) is 5.01 Å². The Hall–Kier alpha value is -5.19. The summed E-state index contributed by atoms with van der Waals surface area (Å²) in [5, 5.41) is 19.4. The minimum absolute atomic E-state index is 0.0484. The molecular formula is C31H33N5O6. The van der Waals surface area contributed by atoms with Crippen LogP contribution in [0.15, 0.2) is 78.9 Å². The zero-order valence-corrected chi connectivity index (χ0v) is 23.6. The van der Waals surface area contributed by atoms with Crippen LogP contribution >= 0.6 is 0 Å². The van der Waals surface area contributed by atoms with Gasteiger partial charge in [-0.05, 0) is 42.2 Å². The van der Waals surface area contributed by atoms with E-state index in [1.807, 2.05) is 30.3 Å². The van der Waals surface area contributed by atoms with Crippen LogP contribution in [-0.4, -0.2) is 63.3 Å². The number of amidine groups is 1. The van der Waals surface area contributed by atoms with Crippen molar-refractivity contribution in [3.8, 4) is 5.75 Å². The number of ether oxygens (including phenoxy) is 1. The monoisotopic (exact) mass is 571 g/mol. The highest BCUT2D eigenvalue weighted by Gasteiger charge is 2.58. The number of amides is 4. The third-order valence-electron chi connectivity index (χ3n) is 7.49. The highest BCUT2D eigenvalue weighted by atomic mass is 16.5. The van der Waals surface area contributed by atoms with Crippen molar-refractivity contribution in [1.29, 1.82) is 5.41 Å². The van der Waals surface area contributed by atoms with Gasteiger partial charge in [0, 0.05) is 19.0 Å². The molecule has 218 valence electrons. The van der Waals surface area contributed by atoms with Crippen molar-refractivity contribution < 1.29 is 29.0 Å². The Bertz CT molecular complexity index is 1490. The van der Waals surface area contributed by atoms with Gasteiger partial charge in [-0.3, -0.25) is 24.7 Å². The van der Waals surface area contributed by atoms with E-state index in [1.165, 1.54) is 18.9 Å². The van der Waals surface area contributed by atoms with Crippen LogP contribution in [0.4, 0.5) is 4.79 Å². The van der Waals surface area contributed by atoms with Crippen LogP contribution in [0.1, 0.15) is 36.1 Å². The number of benzene rings is 3. The fourth-order valence-electron chi connectivity index (χ4n) is 5.01. The highest BCUT2D eigenvalue weighted by Crippen LogP contribution is 2.39. The number of carbonyl (C=O) groups excluding carboxylic acids is 3. The van der Waals surface area contributed by atoms with Crippen LogP contribution in [0.5, 0.6) is 5.75 Å². The van der Waals surface area contributed by atoms with Crippen molar-refractivity contribution in [3.05, 3.63) is 101 Å². The van der Waals surface area contributed by atoms with Crippen molar-refractivity contribution in [3.63, 3.8) is 0 Å². The van der Waals surface area contributed by atoms with Crippen molar-refractivity contribution >= 4 is 29.7 Å². The molecule has 42 heavy (non-hydrogen) atoms. The maximum absolute atomic E-state index is 14.2. The first-order valence-corrected chi connectivity index (χ1v) is 13.3. The van der Waals surface area contributed by atoms with Crippen molar-refractivity contribution in [1.82, 2.24) is 14.9 Å². The van der Waals surface area contributed by atoms with Crippen LogP contribution in [0.2, 0.25) is 0 Å². The number of carboxylic acids is 1. The SMILES string of the molecule is COc1ccc(CC(CN(C(C)=O)N2C(=O)N(Cc3ccccc3)C(C)(c3ccc(C(=N)N)cc3)C2=O)C(=O)O)cc1. The summed E-state index contributed by atoms with van der Waals surface area (Å²) in [6.45, 7) is 2.41. The minimum atomic E-state index is -1.55. The summed E-state index contributed by atoms with van der Waals surface area (Å²) in [6.07, 6.45) is 0.0524. The number of methoxy groups -OCH3 is 1. The van der Waals surface area contributed by atoms with Crippen LogP contribution in [0, 0.1) is 11.3 Å². The van der Waals surface area contributed by atoms with E-state index in [-0.39, 0.29) is 18.8 Å². The number of nitrogens with two attached hydrogens (primary N) is 1. The van der Waals surface area contributed by atoms with Crippen LogP contribution in [-0.2, 0) is 32.9 Å². The summed E-state index contributed by atoms with van der Waals surface area (Å²) in [6, 6.07) is 21.6. The predicted octanol–water partition coefficient (Wildman–Crippen LogP) is 3.37. The van der Waals surface area contributed by atoms with E-state index in [2.05, 4.69) is 0 Å². The first kappa shape index (κ1) is 29.8. The number of hydrogen-bond acceptors (Lipinski definition) is 6. The summed E-state index contributed by atoms with van der Waals surface area (Å²) in [7, 11) is 1.52. The average Bonchev–Trinajstić information content (AvgIpc) is 3.16. The Kier molecular flexibility index (Phi) is 8.60. The molecule has 1 saturated heterocycles. The standard InChI is InChI=1S/C31H33N5O6/c1-20(37)35(19-24(28(38)39)17-21-9-15-26(42-3)16-10-21)36-29(40)31(2,25-13-11-23(12-14-25)27(32)33)34(30(36)41)18-22-7-5-4-6-8-22/h4-16,24H,17-19H2,1-3H3,(H3,32,33)(H,38,39). The fourth-order valence-corrected chi connectivity index (χ4v) is 5.01. The van der Waals surface area contributed by atoms with Crippen LogP contribution < -0.4 is 10.5 Å². The lowest BCUT2D eigenvalue weighted by atomic mass is 9.89. The number of urea groups is 1. The average molecular weight is 572 g/mol. The molecule has 11 nitrogen and oxygen atoms in total. The molecule has 2 atom stereocenters. The number of hydrogen-bond donors (Lipinski definition) is 3. The Balaban J connectivity index is 1.72. The second kappa shape index (κ2) is 12.1. The number of nitrogens with zero attached hydrogens (tertiary/aromatic N) is 3. The zero-order chi connectivity index (χ0) is 30.6. The molecule has 3 aromatic rings. The number of rotatable bonds is 11. The lowest BCUT2D eigenvalue weighted by Gasteiger charge is -2.32. The van der Waals surface area contributed by atoms with Gasteiger partial charge in [-0.1, -0.05) is 66.7 Å². The zero-order valence-electron chi connectivity index (χ0n) is 23.6. The van der Waals surface area contributed by atoms with Gasteiger partial charge in [-0.15, -0.1) is 0 Å². The van der Waals surface area contributed by atoms with Crippen molar-refractivity contribution in [2.24, 2.45) is 11.7 Å². The maximum Gasteiger partial charge on any atom is 0.347 e. The summed E-state index contributed by atoms with van der Waals surface area (Å²) in [5.41, 5.74) is 6.39. The van der Waals surface area contributed by atoms with E-state index >= 15 is 0 Å². The third kappa shape index (κ3) is 5.80. The van der Waals surface area contributed by atoms with Gasteiger partial charge < -0.3 is 15.6 Å². The molecule has 4 N–H and O–H groups in total. The minimum Gasteiger partial charge on any atom is -0.497 e. The van der Waals surface area contributed by atoms with Gasteiger partial charge in [0.05, 0.1) is 19.6 Å². The molecule has 11 heteroatoms. The number of imide groups is 1. The molecule has 4 rings (SSSR count).